The molecule has 1 aliphatic rings. The average Bonchev–Trinajstić information content (AvgIpc) is 2.94. The summed E-state index contributed by atoms with van der Waals surface area (Å²) in [5.41, 5.74) is -0.785. The maximum Gasteiger partial charge on any atom is 0.248 e. The number of carbonyl (C=O) groups excluding carboxylic acids is 2. The molecule has 20 heavy (non-hydrogen) atoms. The molecule has 0 saturated carbocycles. The predicted molar refractivity (Wildman–Crippen MR) is 74.9 cm³/mol. The first-order chi connectivity index (χ1) is 9.51. The minimum atomic E-state index is -0.785. The van der Waals surface area contributed by atoms with Gasteiger partial charge in [0.05, 0.1) is 6.54 Å². The van der Waals surface area contributed by atoms with E-state index < -0.39 is 5.54 Å². The van der Waals surface area contributed by atoms with Crippen molar-refractivity contribution < 1.29 is 9.59 Å². The second-order valence-electron chi connectivity index (χ2n) is 5.37. The molecule has 1 aromatic heterocycles. The quantitative estimate of drug-likeness (QED) is 0.866. The fourth-order valence-electron chi connectivity index (χ4n) is 2.55. The van der Waals surface area contributed by atoms with Crippen molar-refractivity contribution in [3.05, 3.63) is 18.5 Å². The molecule has 0 aliphatic carbocycles. The lowest BCUT2D eigenvalue weighted by atomic mass is 9.91. The van der Waals surface area contributed by atoms with E-state index in [0.29, 0.717) is 25.9 Å². The highest BCUT2D eigenvalue weighted by Crippen LogP contribution is 2.22. The topological polar surface area (TPSA) is 67.2 Å². The summed E-state index contributed by atoms with van der Waals surface area (Å²) >= 11 is 0. The van der Waals surface area contributed by atoms with Gasteiger partial charge in [-0.2, -0.15) is 5.10 Å². The highest BCUT2D eigenvalue weighted by Gasteiger charge is 2.45. The van der Waals surface area contributed by atoms with Gasteiger partial charge < -0.3 is 10.2 Å². The molecule has 2 rings (SSSR count). The zero-order valence-electron chi connectivity index (χ0n) is 12.3. The van der Waals surface area contributed by atoms with E-state index >= 15 is 0 Å². The molecule has 2 amide bonds. The Morgan fingerprint density at radius 2 is 2.10 bits per heavy atom. The zero-order chi connectivity index (χ0) is 14.8. The molecule has 2 atom stereocenters. The number of rotatable bonds is 5. The van der Waals surface area contributed by atoms with Gasteiger partial charge in [0.2, 0.25) is 11.8 Å². The fraction of sp³-hybridized carbons (Fsp3) is 0.643. The smallest absolute Gasteiger partial charge is 0.248 e. The largest absolute Gasteiger partial charge is 0.340 e. The number of nitrogens with one attached hydrogen (secondary N) is 1. The van der Waals surface area contributed by atoms with Crippen LogP contribution in [0.25, 0.3) is 0 Å². The Labute approximate surface area is 119 Å². The Morgan fingerprint density at radius 3 is 2.65 bits per heavy atom. The average molecular weight is 278 g/mol. The molecule has 6 heteroatoms. The first-order valence-corrected chi connectivity index (χ1v) is 7.12. The van der Waals surface area contributed by atoms with E-state index in [9.17, 15) is 9.59 Å². The van der Waals surface area contributed by atoms with Crippen LogP contribution in [-0.2, 0) is 16.1 Å². The lowest BCUT2D eigenvalue weighted by Gasteiger charge is -2.44. The second-order valence-corrected chi connectivity index (χ2v) is 5.37. The van der Waals surface area contributed by atoms with Gasteiger partial charge in [0.25, 0.3) is 0 Å². The van der Waals surface area contributed by atoms with E-state index in [2.05, 4.69) is 10.4 Å². The van der Waals surface area contributed by atoms with Gasteiger partial charge in [-0.3, -0.25) is 14.3 Å². The Hall–Kier alpha value is -1.85. The van der Waals surface area contributed by atoms with Gasteiger partial charge in [0.15, 0.2) is 0 Å². The lowest BCUT2D eigenvalue weighted by molar-refractivity contribution is -0.154. The van der Waals surface area contributed by atoms with E-state index in [1.54, 1.807) is 22.7 Å². The highest BCUT2D eigenvalue weighted by molar-refractivity contribution is 5.99. The molecule has 1 N–H and O–H groups in total. The molecule has 2 heterocycles. The third-order valence-electron chi connectivity index (χ3n) is 4.03. The molecule has 1 aliphatic heterocycles. The molecule has 0 radical (unpaired) electrons. The molecule has 6 nitrogen and oxygen atoms in total. The maximum absolute atomic E-state index is 12.6. The summed E-state index contributed by atoms with van der Waals surface area (Å²) in [5.74, 6) is -0.0597. The SMILES string of the molecule is CCC1C(=O)NC(C)(CC)C(=O)N1CCn1cccn1. The molecule has 0 aromatic carbocycles. The van der Waals surface area contributed by atoms with Crippen LogP contribution in [0.2, 0.25) is 0 Å². The molecule has 110 valence electrons. The van der Waals surface area contributed by atoms with E-state index in [1.165, 1.54) is 0 Å². The molecular formula is C14H22N4O2. The Balaban J connectivity index is 2.16. The minimum absolute atomic E-state index is 0.00129. The van der Waals surface area contributed by atoms with Gasteiger partial charge in [-0.05, 0) is 25.8 Å². The van der Waals surface area contributed by atoms with Gasteiger partial charge in [0, 0.05) is 18.9 Å². The Kier molecular flexibility index (Phi) is 4.11. The first-order valence-electron chi connectivity index (χ1n) is 7.12. The van der Waals surface area contributed by atoms with Crippen molar-refractivity contribution in [1.82, 2.24) is 20.0 Å². The van der Waals surface area contributed by atoms with Crippen molar-refractivity contribution >= 4 is 11.8 Å². The maximum atomic E-state index is 12.6. The van der Waals surface area contributed by atoms with Crippen LogP contribution in [0.3, 0.4) is 0 Å². The third-order valence-corrected chi connectivity index (χ3v) is 4.03. The van der Waals surface area contributed by atoms with E-state index in [0.717, 1.165) is 0 Å². The standard InChI is InChI=1S/C14H22N4O2/c1-4-11-12(19)16-14(3,5-2)13(20)18(11)10-9-17-8-6-7-15-17/h6-8,11H,4-5,9-10H2,1-3H3,(H,16,19). The van der Waals surface area contributed by atoms with Gasteiger partial charge in [-0.25, -0.2) is 0 Å². The molecular weight excluding hydrogens is 256 g/mol. The van der Waals surface area contributed by atoms with Crippen LogP contribution in [0.5, 0.6) is 0 Å². The molecule has 1 fully saturated rings. The summed E-state index contributed by atoms with van der Waals surface area (Å²) in [6, 6.07) is 1.47. The molecule has 1 aromatic rings. The first kappa shape index (κ1) is 14.6. The van der Waals surface area contributed by atoms with Crippen molar-refractivity contribution in [2.45, 2.75) is 51.7 Å². The van der Waals surface area contributed by atoms with Crippen LogP contribution in [-0.4, -0.2) is 44.6 Å². The molecule has 0 spiro atoms. The van der Waals surface area contributed by atoms with E-state index in [-0.39, 0.29) is 17.9 Å². The van der Waals surface area contributed by atoms with Crippen molar-refractivity contribution in [2.75, 3.05) is 6.54 Å². The van der Waals surface area contributed by atoms with Gasteiger partial charge in [-0.15, -0.1) is 0 Å². The fourth-order valence-corrected chi connectivity index (χ4v) is 2.55. The van der Waals surface area contributed by atoms with Gasteiger partial charge >= 0.3 is 0 Å². The minimum Gasteiger partial charge on any atom is -0.340 e. The molecule has 1 saturated heterocycles. The molecule has 2 unspecified atom stereocenters. The number of aromatic nitrogens is 2. The van der Waals surface area contributed by atoms with Gasteiger partial charge in [0.1, 0.15) is 11.6 Å². The lowest BCUT2D eigenvalue weighted by Crippen LogP contribution is -2.69. The van der Waals surface area contributed by atoms with Crippen LogP contribution in [0.1, 0.15) is 33.6 Å². The Bertz CT molecular complexity index is 485. The summed E-state index contributed by atoms with van der Waals surface area (Å²) in [7, 11) is 0. The monoisotopic (exact) mass is 278 g/mol. The molecule has 0 bridgehead atoms. The van der Waals surface area contributed by atoms with Gasteiger partial charge in [-0.1, -0.05) is 13.8 Å². The number of carbonyl (C=O) groups is 2. The number of piperazine rings is 1. The second kappa shape index (κ2) is 5.64. The summed E-state index contributed by atoms with van der Waals surface area (Å²) < 4.78 is 1.77. The van der Waals surface area contributed by atoms with Crippen molar-refractivity contribution in [2.24, 2.45) is 0 Å². The zero-order valence-corrected chi connectivity index (χ0v) is 12.3. The summed E-state index contributed by atoms with van der Waals surface area (Å²) in [6.07, 6.45) is 4.77. The summed E-state index contributed by atoms with van der Waals surface area (Å²) in [4.78, 5) is 26.5. The highest BCUT2D eigenvalue weighted by atomic mass is 16.2. The van der Waals surface area contributed by atoms with Crippen LogP contribution < -0.4 is 5.32 Å². The summed E-state index contributed by atoms with van der Waals surface area (Å²) in [6.45, 7) is 6.73. The van der Waals surface area contributed by atoms with Crippen LogP contribution in [0, 0.1) is 0 Å². The number of amides is 2. The van der Waals surface area contributed by atoms with Crippen LogP contribution >= 0.6 is 0 Å². The van der Waals surface area contributed by atoms with Crippen LogP contribution in [0.15, 0.2) is 18.5 Å². The summed E-state index contributed by atoms with van der Waals surface area (Å²) in [5, 5.41) is 6.99. The Morgan fingerprint density at radius 1 is 1.35 bits per heavy atom. The van der Waals surface area contributed by atoms with Crippen molar-refractivity contribution in [1.29, 1.82) is 0 Å². The number of hydrogen-bond acceptors (Lipinski definition) is 3. The van der Waals surface area contributed by atoms with Crippen LogP contribution in [0.4, 0.5) is 0 Å². The third kappa shape index (κ3) is 2.55. The van der Waals surface area contributed by atoms with E-state index in [1.807, 2.05) is 26.1 Å². The number of nitrogens with zero attached hydrogens (tertiary/aromatic N) is 3. The number of hydrogen-bond donors (Lipinski definition) is 1. The van der Waals surface area contributed by atoms with E-state index in [4.69, 9.17) is 0 Å². The predicted octanol–water partition coefficient (Wildman–Crippen LogP) is 0.789. The van der Waals surface area contributed by atoms with Crippen molar-refractivity contribution in [3.63, 3.8) is 0 Å². The normalized spacial score (nSPS) is 26.8. The van der Waals surface area contributed by atoms with Crippen molar-refractivity contribution in [3.8, 4) is 0 Å².